The third kappa shape index (κ3) is 2.38. The zero-order valence-electron chi connectivity index (χ0n) is 9.23. The van der Waals surface area contributed by atoms with E-state index in [0.29, 0.717) is 12.8 Å². The standard InChI is InChI=1S/C10H16N4O2/c1-2-3-8-12-9(14-13-8)10(16)11-6-4-7(15)5-6/h6-7,15H,2-5H2,1H3,(H,11,16)(H,12,13,14). The lowest BCUT2D eigenvalue weighted by atomic mass is 9.89. The van der Waals surface area contributed by atoms with E-state index in [1.165, 1.54) is 0 Å². The smallest absolute Gasteiger partial charge is 0.291 e. The van der Waals surface area contributed by atoms with E-state index < -0.39 is 0 Å². The second-order valence-corrected chi connectivity index (χ2v) is 4.15. The van der Waals surface area contributed by atoms with Crippen LogP contribution in [0.3, 0.4) is 0 Å². The van der Waals surface area contributed by atoms with Crippen molar-refractivity contribution in [2.24, 2.45) is 0 Å². The van der Waals surface area contributed by atoms with Gasteiger partial charge in [0.25, 0.3) is 5.91 Å². The quantitative estimate of drug-likeness (QED) is 0.672. The number of hydrogen-bond donors (Lipinski definition) is 3. The fourth-order valence-corrected chi connectivity index (χ4v) is 1.70. The molecule has 1 fully saturated rings. The largest absolute Gasteiger partial charge is 0.393 e. The summed E-state index contributed by atoms with van der Waals surface area (Å²) in [7, 11) is 0. The van der Waals surface area contributed by atoms with E-state index >= 15 is 0 Å². The van der Waals surface area contributed by atoms with Gasteiger partial charge in [-0.05, 0) is 19.3 Å². The van der Waals surface area contributed by atoms with E-state index in [1.54, 1.807) is 0 Å². The number of carbonyl (C=O) groups excluding carboxylic acids is 1. The molecule has 1 aliphatic carbocycles. The van der Waals surface area contributed by atoms with Gasteiger partial charge in [0.05, 0.1) is 6.10 Å². The van der Waals surface area contributed by atoms with E-state index in [-0.39, 0.29) is 23.9 Å². The zero-order chi connectivity index (χ0) is 11.5. The number of nitrogens with zero attached hydrogens (tertiary/aromatic N) is 2. The molecule has 16 heavy (non-hydrogen) atoms. The van der Waals surface area contributed by atoms with E-state index in [9.17, 15) is 4.79 Å². The van der Waals surface area contributed by atoms with Crippen LogP contribution >= 0.6 is 0 Å². The van der Waals surface area contributed by atoms with Crippen LogP contribution in [0.15, 0.2) is 0 Å². The summed E-state index contributed by atoms with van der Waals surface area (Å²) < 4.78 is 0. The summed E-state index contributed by atoms with van der Waals surface area (Å²) in [4.78, 5) is 15.7. The minimum atomic E-state index is -0.270. The molecule has 6 nitrogen and oxygen atoms in total. The Hall–Kier alpha value is -1.43. The van der Waals surface area contributed by atoms with Crippen molar-refractivity contribution in [1.29, 1.82) is 0 Å². The van der Waals surface area contributed by atoms with Crippen LogP contribution in [0.1, 0.15) is 42.6 Å². The number of aliphatic hydroxyl groups excluding tert-OH is 1. The van der Waals surface area contributed by atoms with E-state index in [1.807, 2.05) is 6.92 Å². The molecule has 1 saturated carbocycles. The van der Waals surface area contributed by atoms with Crippen LogP contribution in [0, 0.1) is 0 Å². The van der Waals surface area contributed by atoms with Gasteiger partial charge in [-0.1, -0.05) is 6.92 Å². The average molecular weight is 224 g/mol. The number of aryl methyl sites for hydroxylation is 1. The van der Waals surface area contributed by atoms with Gasteiger partial charge >= 0.3 is 0 Å². The average Bonchev–Trinajstić information content (AvgIpc) is 2.64. The lowest BCUT2D eigenvalue weighted by Crippen LogP contribution is -2.47. The molecule has 1 aromatic heterocycles. The van der Waals surface area contributed by atoms with Gasteiger partial charge in [-0.15, -0.1) is 5.10 Å². The van der Waals surface area contributed by atoms with Gasteiger partial charge in [0.1, 0.15) is 5.82 Å². The molecule has 0 spiro atoms. The first-order chi connectivity index (χ1) is 7.69. The van der Waals surface area contributed by atoms with Crippen LogP contribution < -0.4 is 5.32 Å². The third-order valence-corrected chi connectivity index (χ3v) is 2.67. The van der Waals surface area contributed by atoms with Crippen LogP contribution in [-0.4, -0.2) is 38.3 Å². The first-order valence-electron chi connectivity index (χ1n) is 5.59. The summed E-state index contributed by atoms with van der Waals surface area (Å²) in [6.07, 6.45) is 2.73. The van der Waals surface area contributed by atoms with Crippen LogP contribution in [0.2, 0.25) is 0 Å². The van der Waals surface area contributed by atoms with E-state index in [2.05, 4.69) is 20.5 Å². The monoisotopic (exact) mass is 224 g/mol. The van der Waals surface area contributed by atoms with Crippen molar-refractivity contribution in [3.05, 3.63) is 11.6 Å². The van der Waals surface area contributed by atoms with Crippen LogP contribution in [0.25, 0.3) is 0 Å². The van der Waals surface area contributed by atoms with Crippen molar-refractivity contribution >= 4 is 5.91 Å². The second kappa shape index (κ2) is 4.61. The van der Waals surface area contributed by atoms with Crippen molar-refractivity contribution < 1.29 is 9.90 Å². The van der Waals surface area contributed by atoms with Crippen LogP contribution in [-0.2, 0) is 6.42 Å². The minimum absolute atomic E-state index is 0.0654. The van der Waals surface area contributed by atoms with Crippen LogP contribution in [0.5, 0.6) is 0 Å². The number of nitrogens with one attached hydrogen (secondary N) is 2. The highest BCUT2D eigenvalue weighted by Gasteiger charge is 2.29. The lowest BCUT2D eigenvalue weighted by Gasteiger charge is -2.31. The summed E-state index contributed by atoms with van der Waals surface area (Å²) in [6, 6.07) is 0.0654. The molecule has 2 rings (SSSR count). The molecule has 6 heteroatoms. The molecule has 1 heterocycles. The predicted molar refractivity (Wildman–Crippen MR) is 56.9 cm³/mol. The second-order valence-electron chi connectivity index (χ2n) is 4.15. The maximum absolute atomic E-state index is 11.6. The zero-order valence-corrected chi connectivity index (χ0v) is 9.23. The Morgan fingerprint density at radius 1 is 1.62 bits per heavy atom. The Labute approximate surface area is 93.5 Å². The highest BCUT2D eigenvalue weighted by molar-refractivity contribution is 5.90. The molecule has 0 bridgehead atoms. The normalized spacial score (nSPS) is 23.9. The third-order valence-electron chi connectivity index (χ3n) is 2.67. The Morgan fingerprint density at radius 3 is 3.00 bits per heavy atom. The highest BCUT2D eigenvalue weighted by Crippen LogP contribution is 2.19. The first-order valence-corrected chi connectivity index (χ1v) is 5.59. The Morgan fingerprint density at radius 2 is 2.38 bits per heavy atom. The number of aromatic amines is 1. The van der Waals surface area contributed by atoms with Gasteiger partial charge in [0.15, 0.2) is 0 Å². The topological polar surface area (TPSA) is 90.9 Å². The molecule has 1 aromatic rings. The summed E-state index contributed by atoms with van der Waals surface area (Å²) in [5.41, 5.74) is 0. The maximum Gasteiger partial charge on any atom is 0.291 e. The number of hydrogen-bond acceptors (Lipinski definition) is 4. The molecule has 3 N–H and O–H groups in total. The predicted octanol–water partition coefficient (Wildman–Crippen LogP) is 0.0103. The molecule has 1 amide bonds. The summed E-state index contributed by atoms with van der Waals surface area (Å²) in [5.74, 6) is 0.654. The number of aliphatic hydroxyl groups is 1. The summed E-state index contributed by atoms with van der Waals surface area (Å²) in [6.45, 7) is 2.04. The van der Waals surface area contributed by atoms with Gasteiger partial charge in [0.2, 0.25) is 5.82 Å². The number of carbonyl (C=O) groups is 1. The van der Waals surface area contributed by atoms with E-state index in [0.717, 1.165) is 18.7 Å². The lowest BCUT2D eigenvalue weighted by molar-refractivity contribution is 0.0558. The molecule has 0 atom stereocenters. The summed E-state index contributed by atoms with van der Waals surface area (Å²) >= 11 is 0. The molecule has 88 valence electrons. The molecular weight excluding hydrogens is 208 g/mol. The molecular formula is C10H16N4O2. The fourth-order valence-electron chi connectivity index (χ4n) is 1.70. The molecule has 0 saturated heterocycles. The fraction of sp³-hybridized carbons (Fsp3) is 0.700. The molecule has 0 aliphatic heterocycles. The summed E-state index contributed by atoms with van der Waals surface area (Å²) in [5, 5.41) is 18.5. The number of rotatable bonds is 4. The van der Waals surface area contributed by atoms with E-state index in [4.69, 9.17) is 5.11 Å². The minimum Gasteiger partial charge on any atom is -0.393 e. The molecule has 0 radical (unpaired) electrons. The Kier molecular flexibility index (Phi) is 3.19. The van der Waals surface area contributed by atoms with Gasteiger partial charge in [0, 0.05) is 12.5 Å². The molecule has 0 aromatic carbocycles. The van der Waals surface area contributed by atoms with Crippen molar-refractivity contribution in [3.63, 3.8) is 0 Å². The maximum atomic E-state index is 11.6. The first kappa shape index (κ1) is 11.1. The van der Waals surface area contributed by atoms with Crippen molar-refractivity contribution in [1.82, 2.24) is 20.5 Å². The van der Waals surface area contributed by atoms with Gasteiger partial charge in [-0.3, -0.25) is 9.89 Å². The molecule has 0 unspecified atom stereocenters. The number of H-pyrrole nitrogens is 1. The Bertz CT molecular complexity index is 371. The van der Waals surface area contributed by atoms with Gasteiger partial charge in [-0.2, -0.15) is 0 Å². The van der Waals surface area contributed by atoms with Gasteiger partial charge < -0.3 is 10.4 Å². The van der Waals surface area contributed by atoms with Crippen molar-refractivity contribution in [2.75, 3.05) is 0 Å². The van der Waals surface area contributed by atoms with Crippen LogP contribution in [0.4, 0.5) is 0 Å². The Balaban J connectivity index is 1.88. The van der Waals surface area contributed by atoms with Gasteiger partial charge in [-0.25, -0.2) is 4.98 Å². The van der Waals surface area contributed by atoms with Crippen molar-refractivity contribution in [2.45, 2.75) is 44.8 Å². The number of amides is 1. The van der Waals surface area contributed by atoms with Crippen molar-refractivity contribution in [3.8, 4) is 0 Å². The number of aromatic nitrogens is 3. The highest BCUT2D eigenvalue weighted by atomic mass is 16.3. The SMILES string of the molecule is CCCc1nc(C(=O)NC2CC(O)C2)n[nH]1. The molecule has 1 aliphatic rings.